The fraction of sp³-hybridized carbons (Fsp3) is 0.273. The molecule has 0 unspecified atom stereocenters. The summed E-state index contributed by atoms with van der Waals surface area (Å²) < 4.78 is 6.10. The number of rotatable bonds is 4. The Balaban J connectivity index is 2.26. The number of carbonyl (C=O) groups is 1. The summed E-state index contributed by atoms with van der Waals surface area (Å²) >= 11 is 5.90. The first kappa shape index (κ1) is 14.1. The first-order valence-electron chi connectivity index (χ1n) is 5.64. The zero-order valence-corrected chi connectivity index (χ0v) is 11.9. The topological polar surface area (TPSA) is 94.0 Å². The number of nitrogens with one attached hydrogen (secondary N) is 2. The van der Waals surface area contributed by atoms with E-state index in [0.717, 1.165) is 0 Å². The minimum atomic E-state index is -0.512. The van der Waals surface area contributed by atoms with Crippen LogP contribution in [0.5, 0.6) is 0 Å². The largest absolute Gasteiger partial charge is 0.464 e. The molecule has 0 aliphatic rings. The van der Waals surface area contributed by atoms with Crippen LogP contribution in [0.3, 0.4) is 0 Å². The Kier molecular flexibility index (Phi) is 4.04. The van der Waals surface area contributed by atoms with Gasteiger partial charge in [-0.1, -0.05) is 11.6 Å². The number of anilines is 3. The van der Waals surface area contributed by atoms with Gasteiger partial charge >= 0.3 is 5.97 Å². The number of hydrogen-bond donors (Lipinski definition) is 2. The van der Waals surface area contributed by atoms with Gasteiger partial charge in [-0.25, -0.2) is 9.78 Å². The van der Waals surface area contributed by atoms with Gasteiger partial charge in [0.25, 0.3) is 0 Å². The molecule has 8 nitrogen and oxygen atoms in total. The third kappa shape index (κ3) is 2.80. The van der Waals surface area contributed by atoms with Crippen molar-refractivity contribution in [2.75, 3.05) is 24.8 Å². The summed E-state index contributed by atoms with van der Waals surface area (Å²) in [5.74, 6) is 0.869. The molecule has 9 heteroatoms. The van der Waals surface area contributed by atoms with E-state index < -0.39 is 5.97 Å². The number of ether oxygens (including phenoxy) is 1. The SMILES string of the molecule is CNc1nc(Nc2cc(C(=O)OC)nn2C)ncc1Cl. The average molecular weight is 297 g/mol. The van der Waals surface area contributed by atoms with E-state index in [1.54, 1.807) is 20.2 Å². The predicted molar refractivity (Wildman–Crippen MR) is 74.4 cm³/mol. The van der Waals surface area contributed by atoms with Crippen molar-refractivity contribution < 1.29 is 9.53 Å². The fourth-order valence-corrected chi connectivity index (χ4v) is 1.69. The minimum absolute atomic E-state index is 0.195. The van der Waals surface area contributed by atoms with Gasteiger partial charge in [-0.3, -0.25) is 4.68 Å². The van der Waals surface area contributed by atoms with Crippen molar-refractivity contribution in [2.24, 2.45) is 7.05 Å². The van der Waals surface area contributed by atoms with Crippen LogP contribution in [0.4, 0.5) is 17.6 Å². The molecule has 0 bridgehead atoms. The summed E-state index contributed by atoms with van der Waals surface area (Å²) in [4.78, 5) is 19.6. The van der Waals surface area contributed by atoms with Crippen LogP contribution in [0.2, 0.25) is 5.02 Å². The van der Waals surface area contributed by atoms with Crippen molar-refractivity contribution in [2.45, 2.75) is 0 Å². The van der Waals surface area contributed by atoms with E-state index in [4.69, 9.17) is 11.6 Å². The molecule has 106 valence electrons. The second-order valence-corrected chi connectivity index (χ2v) is 4.20. The van der Waals surface area contributed by atoms with Crippen LogP contribution in [0.15, 0.2) is 12.3 Å². The van der Waals surface area contributed by atoms with Gasteiger partial charge in [-0.2, -0.15) is 10.1 Å². The lowest BCUT2D eigenvalue weighted by Crippen LogP contribution is -2.05. The Labute approximate surface area is 120 Å². The van der Waals surface area contributed by atoms with Crippen LogP contribution in [0.25, 0.3) is 0 Å². The van der Waals surface area contributed by atoms with Gasteiger partial charge in [-0.15, -0.1) is 0 Å². The molecule has 0 aliphatic heterocycles. The van der Waals surface area contributed by atoms with Crippen LogP contribution in [-0.4, -0.2) is 39.9 Å². The van der Waals surface area contributed by atoms with E-state index in [2.05, 4.69) is 30.4 Å². The first-order valence-corrected chi connectivity index (χ1v) is 6.02. The van der Waals surface area contributed by atoms with E-state index in [-0.39, 0.29) is 5.69 Å². The molecule has 2 rings (SSSR count). The highest BCUT2D eigenvalue weighted by molar-refractivity contribution is 6.32. The van der Waals surface area contributed by atoms with Crippen molar-refractivity contribution in [1.29, 1.82) is 0 Å². The van der Waals surface area contributed by atoms with E-state index in [1.165, 1.54) is 18.0 Å². The maximum Gasteiger partial charge on any atom is 0.358 e. The van der Waals surface area contributed by atoms with E-state index >= 15 is 0 Å². The highest BCUT2D eigenvalue weighted by Crippen LogP contribution is 2.21. The highest BCUT2D eigenvalue weighted by Gasteiger charge is 2.14. The molecule has 0 fully saturated rings. The van der Waals surface area contributed by atoms with Crippen molar-refractivity contribution in [3.8, 4) is 0 Å². The molecule has 0 aromatic carbocycles. The lowest BCUT2D eigenvalue weighted by molar-refractivity contribution is 0.0593. The van der Waals surface area contributed by atoms with Crippen molar-refractivity contribution in [3.05, 3.63) is 23.0 Å². The van der Waals surface area contributed by atoms with E-state index in [0.29, 0.717) is 22.6 Å². The molecule has 2 aromatic rings. The summed E-state index contributed by atoms with van der Waals surface area (Å²) in [6, 6.07) is 1.54. The molecule has 20 heavy (non-hydrogen) atoms. The van der Waals surface area contributed by atoms with Crippen molar-refractivity contribution in [3.63, 3.8) is 0 Å². The van der Waals surface area contributed by atoms with Crippen LogP contribution >= 0.6 is 11.6 Å². The molecule has 2 heterocycles. The summed E-state index contributed by atoms with van der Waals surface area (Å²) in [6.07, 6.45) is 1.47. The van der Waals surface area contributed by atoms with Gasteiger partial charge in [0.2, 0.25) is 5.95 Å². The second-order valence-electron chi connectivity index (χ2n) is 3.80. The highest BCUT2D eigenvalue weighted by atomic mass is 35.5. The van der Waals surface area contributed by atoms with E-state index in [1.807, 2.05) is 0 Å². The van der Waals surface area contributed by atoms with Crippen LogP contribution in [-0.2, 0) is 11.8 Å². The Bertz CT molecular complexity index is 642. The number of hydrogen-bond acceptors (Lipinski definition) is 7. The number of aromatic nitrogens is 4. The van der Waals surface area contributed by atoms with Crippen LogP contribution < -0.4 is 10.6 Å². The molecule has 0 atom stereocenters. The summed E-state index contributed by atoms with van der Waals surface area (Å²) in [5, 5.41) is 10.2. The van der Waals surface area contributed by atoms with Gasteiger partial charge in [0, 0.05) is 20.2 Å². The molecule has 2 aromatic heterocycles. The number of aryl methyl sites for hydroxylation is 1. The molecule has 0 amide bonds. The summed E-state index contributed by atoms with van der Waals surface area (Å²) in [7, 11) is 4.69. The number of methoxy groups -OCH3 is 1. The quantitative estimate of drug-likeness (QED) is 0.824. The normalized spacial score (nSPS) is 10.2. The Morgan fingerprint density at radius 1 is 1.50 bits per heavy atom. The third-order valence-corrected chi connectivity index (χ3v) is 2.77. The van der Waals surface area contributed by atoms with E-state index in [9.17, 15) is 4.79 Å². The monoisotopic (exact) mass is 296 g/mol. The predicted octanol–water partition coefficient (Wildman–Crippen LogP) is 1.44. The summed E-state index contributed by atoms with van der Waals surface area (Å²) in [5.41, 5.74) is 0.195. The minimum Gasteiger partial charge on any atom is -0.464 e. The smallest absolute Gasteiger partial charge is 0.358 e. The first-order chi connectivity index (χ1) is 9.55. The second kappa shape index (κ2) is 5.74. The Hall–Kier alpha value is -2.35. The molecular formula is C11H13ClN6O2. The maximum atomic E-state index is 11.4. The molecular weight excluding hydrogens is 284 g/mol. The summed E-state index contributed by atoms with van der Waals surface area (Å²) in [6.45, 7) is 0. The standard InChI is InChI=1S/C11H13ClN6O2/c1-13-9-6(12)5-14-11(16-9)15-8-4-7(10(19)20-3)17-18(8)2/h4-5H,1-3H3,(H2,13,14,15,16). The van der Waals surface area contributed by atoms with Crippen LogP contribution in [0.1, 0.15) is 10.5 Å². The third-order valence-electron chi connectivity index (χ3n) is 2.50. The molecule has 0 radical (unpaired) electrons. The number of carbonyl (C=O) groups excluding carboxylic acids is 1. The zero-order chi connectivity index (χ0) is 14.7. The number of halogens is 1. The Morgan fingerprint density at radius 2 is 2.25 bits per heavy atom. The average Bonchev–Trinajstić information content (AvgIpc) is 2.81. The lowest BCUT2D eigenvalue weighted by atomic mass is 10.4. The van der Waals surface area contributed by atoms with Crippen LogP contribution in [0, 0.1) is 0 Å². The maximum absolute atomic E-state index is 11.4. The van der Waals surface area contributed by atoms with Crippen molar-refractivity contribution >= 4 is 35.2 Å². The van der Waals surface area contributed by atoms with Gasteiger partial charge in [0.05, 0.1) is 13.3 Å². The molecule has 0 aliphatic carbocycles. The van der Waals surface area contributed by atoms with Gasteiger partial charge < -0.3 is 15.4 Å². The Morgan fingerprint density at radius 3 is 2.90 bits per heavy atom. The lowest BCUT2D eigenvalue weighted by Gasteiger charge is -2.07. The van der Waals surface area contributed by atoms with Gasteiger partial charge in [-0.05, 0) is 0 Å². The molecule has 0 spiro atoms. The van der Waals surface area contributed by atoms with Gasteiger partial charge in [0.1, 0.15) is 16.7 Å². The molecule has 0 saturated carbocycles. The van der Waals surface area contributed by atoms with Crippen molar-refractivity contribution in [1.82, 2.24) is 19.7 Å². The zero-order valence-electron chi connectivity index (χ0n) is 11.1. The number of esters is 1. The number of nitrogens with zero attached hydrogens (tertiary/aromatic N) is 4. The fourth-order valence-electron chi connectivity index (χ4n) is 1.51. The molecule has 2 N–H and O–H groups in total. The van der Waals surface area contributed by atoms with Gasteiger partial charge in [0.15, 0.2) is 5.69 Å². The molecule has 0 saturated heterocycles.